The van der Waals surface area contributed by atoms with Gasteiger partial charge in [-0.05, 0) is 49.9 Å². The minimum absolute atomic E-state index is 0.0670. The van der Waals surface area contributed by atoms with Crippen molar-refractivity contribution in [2.45, 2.75) is 81.8 Å². The van der Waals surface area contributed by atoms with Crippen LogP contribution in [0.1, 0.15) is 39.0 Å². The van der Waals surface area contributed by atoms with Gasteiger partial charge in [0, 0.05) is 0 Å². The molecule has 1 saturated heterocycles. The maximum atomic E-state index is 10.6. The first-order chi connectivity index (χ1) is 10.4. The maximum absolute atomic E-state index is 10.6. The maximum Gasteiger partial charge on any atom is 0.106 e. The summed E-state index contributed by atoms with van der Waals surface area (Å²) in [5.41, 5.74) is 0. The third kappa shape index (κ3) is 2.92. The first-order valence-electron chi connectivity index (χ1n) is 8.44. The molecule has 0 spiro atoms. The average Bonchev–Trinajstić information content (AvgIpc) is 2.47. The normalized spacial score (nSPS) is 56.5. The van der Waals surface area contributed by atoms with E-state index in [0.717, 1.165) is 12.8 Å². The van der Waals surface area contributed by atoms with Gasteiger partial charge in [-0.15, -0.1) is 0 Å². The van der Waals surface area contributed by atoms with E-state index >= 15 is 0 Å². The van der Waals surface area contributed by atoms with Gasteiger partial charge in [0.25, 0.3) is 0 Å². The summed E-state index contributed by atoms with van der Waals surface area (Å²) in [4.78, 5) is 0. The highest BCUT2D eigenvalue weighted by molar-refractivity contribution is 4.98. The first kappa shape index (κ1) is 16.6. The average molecular weight is 316 g/mol. The molecule has 3 rings (SSSR count). The molecule has 3 aliphatic rings. The van der Waals surface area contributed by atoms with E-state index in [0.29, 0.717) is 19.3 Å². The van der Waals surface area contributed by atoms with Crippen molar-refractivity contribution in [2.24, 2.45) is 17.8 Å². The van der Waals surface area contributed by atoms with Crippen LogP contribution in [0.15, 0.2) is 0 Å². The fourth-order valence-corrected chi connectivity index (χ4v) is 4.63. The number of aliphatic hydroxyl groups is 5. The topological polar surface area (TPSA) is 110 Å². The minimum atomic E-state index is -1.13. The molecule has 8 atom stereocenters. The highest BCUT2D eigenvalue weighted by atomic mass is 16.5. The van der Waals surface area contributed by atoms with Gasteiger partial charge in [-0.25, -0.2) is 0 Å². The van der Waals surface area contributed by atoms with Gasteiger partial charge in [-0.3, -0.25) is 0 Å². The number of ether oxygens (including phenoxy) is 1. The Labute approximate surface area is 130 Å². The Kier molecular flexibility index (Phi) is 4.79. The molecule has 5 N–H and O–H groups in total. The van der Waals surface area contributed by atoms with Crippen LogP contribution >= 0.6 is 0 Å². The zero-order chi connectivity index (χ0) is 16.0. The summed E-state index contributed by atoms with van der Waals surface area (Å²) < 4.78 is 6.10. The predicted octanol–water partition coefficient (Wildman–Crippen LogP) is -0.596. The Morgan fingerprint density at radius 3 is 2.09 bits per heavy atom. The molecule has 22 heavy (non-hydrogen) atoms. The van der Waals surface area contributed by atoms with E-state index in [9.17, 15) is 25.5 Å². The van der Waals surface area contributed by atoms with Gasteiger partial charge in [0.2, 0.25) is 0 Å². The summed E-state index contributed by atoms with van der Waals surface area (Å²) in [6, 6.07) is 0. The van der Waals surface area contributed by atoms with Gasteiger partial charge >= 0.3 is 0 Å². The van der Waals surface area contributed by atoms with E-state index in [1.54, 1.807) is 0 Å². The molecule has 0 amide bonds. The molecule has 8 unspecified atom stereocenters. The summed E-state index contributed by atoms with van der Waals surface area (Å²) in [5, 5.41) is 49.9. The third-order valence-corrected chi connectivity index (χ3v) is 6.04. The molecule has 6 nitrogen and oxygen atoms in total. The van der Waals surface area contributed by atoms with Crippen LogP contribution in [-0.2, 0) is 4.74 Å². The molecule has 0 radical (unpaired) electrons. The predicted molar refractivity (Wildman–Crippen MR) is 77.9 cm³/mol. The van der Waals surface area contributed by atoms with E-state index in [2.05, 4.69) is 0 Å². The van der Waals surface area contributed by atoms with E-state index in [1.807, 2.05) is 6.92 Å². The lowest BCUT2D eigenvalue weighted by atomic mass is 9.68. The molecule has 6 heteroatoms. The standard InChI is InChI=1S/C16H28O6/c1-7-10-3-2-9(17)6-13(10)22-16(14(7)20)8-4-11(18)15(21)12(19)5-8/h7-21H,2-6H2,1H3. The number of hydrogen-bond acceptors (Lipinski definition) is 6. The second kappa shape index (κ2) is 6.34. The number of hydrogen-bond donors (Lipinski definition) is 5. The van der Waals surface area contributed by atoms with E-state index in [-0.39, 0.29) is 30.0 Å². The van der Waals surface area contributed by atoms with Crippen LogP contribution in [-0.4, -0.2) is 68.3 Å². The Morgan fingerprint density at radius 2 is 1.45 bits per heavy atom. The Bertz CT molecular complexity index is 379. The molecule has 128 valence electrons. The molecule has 0 aromatic carbocycles. The lowest BCUT2D eigenvalue weighted by Gasteiger charge is -2.50. The Morgan fingerprint density at radius 1 is 0.818 bits per heavy atom. The molecule has 0 aromatic rings. The van der Waals surface area contributed by atoms with Crippen LogP contribution in [0.4, 0.5) is 0 Å². The summed E-state index contributed by atoms with van der Waals surface area (Å²) in [6.45, 7) is 2.01. The molecule has 0 aromatic heterocycles. The van der Waals surface area contributed by atoms with Gasteiger partial charge < -0.3 is 30.3 Å². The summed E-state index contributed by atoms with van der Waals surface area (Å²) in [6.07, 6.45) is -1.83. The van der Waals surface area contributed by atoms with Crippen LogP contribution in [0, 0.1) is 17.8 Å². The van der Waals surface area contributed by atoms with E-state index < -0.39 is 30.5 Å². The van der Waals surface area contributed by atoms with Gasteiger partial charge in [0.05, 0.1) is 36.6 Å². The number of rotatable bonds is 1. The van der Waals surface area contributed by atoms with Crippen molar-refractivity contribution in [3.63, 3.8) is 0 Å². The molecule has 1 heterocycles. The lowest BCUT2D eigenvalue weighted by Crippen LogP contribution is -2.57. The highest BCUT2D eigenvalue weighted by Crippen LogP contribution is 2.43. The number of aliphatic hydroxyl groups excluding tert-OH is 5. The zero-order valence-corrected chi connectivity index (χ0v) is 13.0. The van der Waals surface area contributed by atoms with Crippen LogP contribution in [0.2, 0.25) is 0 Å². The van der Waals surface area contributed by atoms with Crippen LogP contribution in [0.5, 0.6) is 0 Å². The van der Waals surface area contributed by atoms with Gasteiger partial charge in [-0.1, -0.05) is 6.92 Å². The van der Waals surface area contributed by atoms with Gasteiger partial charge in [0.15, 0.2) is 0 Å². The summed E-state index contributed by atoms with van der Waals surface area (Å²) >= 11 is 0. The second-order valence-electron chi connectivity index (χ2n) is 7.48. The van der Waals surface area contributed by atoms with E-state index in [4.69, 9.17) is 4.74 Å². The smallest absolute Gasteiger partial charge is 0.106 e. The third-order valence-electron chi connectivity index (χ3n) is 6.04. The molecular weight excluding hydrogens is 288 g/mol. The summed E-state index contributed by atoms with van der Waals surface area (Å²) in [7, 11) is 0. The van der Waals surface area contributed by atoms with Gasteiger partial charge in [-0.2, -0.15) is 0 Å². The van der Waals surface area contributed by atoms with Crippen molar-refractivity contribution in [1.82, 2.24) is 0 Å². The Hall–Kier alpha value is -0.240. The zero-order valence-electron chi connectivity index (χ0n) is 13.0. The van der Waals surface area contributed by atoms with Crippen LogP contribution in [0.3, 0.4) is 0 Å². The molecule has 3 fully saturated rings. The molecule has 0 bridgehead atoms. The highest BCUT2D eigenvalue weighted by Gasteiger charge is 2.49. The lowest BCUT2D eigenvalue weighted by molar-refractivity contribution is -0.223. The fraction of sp³-hybridized carbons (Fsp3) is 1.00. The monoisotopic (exact) mass is 316 g/mol. The Balaban J connectivity index is 1.73. The summed E-state index contributed by atoms with van der Waals surface area (Å²) in [5.74, 6) is 0.127. The first-order valence-corrected chi connectivity index (χ1v) is 8.44. The SMILES string of the molecule is CC1C(O)C(C2CC(O)C(O)C(O)C2)OC2CC(O)CCC21. The number of fused-ring (bicyclic) bond motifs is 1. The molecule has 1 aliphatic heterocycles. The largest absolute Gasteiger partial charge is 0.393 e. The van der Waals surface area contributed by atoms with Crippen molar-refractivity contribution in [2.75, 3.05) is 0 Å². The van der Waals surface area contributed by atoms with Crippen molar-refractivity contribution >= 4 is 0 Å². The van der Waals surface area contributed by atoms with Crippen molar-refractivity contribution in [1.29, 1.82) is 0 Å². The van der Waals surface area contributed by atoms with Crippen LogP contribution < -0.4 is 0 Å². The van der Waals surface area contributed by atoms with Crippen LogP contribution in [0.25, 0.3) is 0 Å². The molecule has 2 aliphatic carbocycles. The van der Waals surface area contributed by atoms with Crippen molar-refractivity contribution in [3.05, 3.63) is 0 Å². The van der Waals surface area contributed by atoms with E-state index in [1.165, 1.54) is 0 Å². The second-order valence-corrected chi connectivity index (χ2v) is 7.48. The minimum Gasteiger partial charge on any atom is -0.393 e. The van der Waals surface area contributed by atoms with Crippen molar-refractivity contribution in [3.8, 4) is 0 Å². The van der Waals surface area contributed by atoms with Crippen molar-refractivity contribution < 1.29 is 30.3 Å². The van der Waals surface area contributed by atoms with Gasteiger partial charge in [0.1, 0.15) is 6.10 Å². The fourth-order valence-electron chi connectivity index (χ4n) is 4.63. The molecular formula is C16H28O6. The molecule has 2 saturated carbocycles. The quantitative estimate of drug-likeness (QED) is 0.442.